The summed E-state index contributed by atoms with van der Waals surface area (Å²) in [5.41, 5.74) is 2.12. The molecule has 2 aliphatic rings. The van der Waals surface area contributed by atoms with Gasteiger partial charge in [0.2, 0.25) is 0 Å². The quantitative estimate of drug-likeness (QED) is 0.735. The molecule has 0 spiro atoms. The van der Waals surface area contributed by atoms with Crippen molar-refractivity contribution in [2.45, 2.75) is 25.4 Å². The minimum absolute atomic E-state index is 0.219. The van der Waals surface area contributed by atoms with E-state index in [0.717, 1.165) is 30.4 Å². The molecule has 0 saturated carbocycles. The minimum atomic E-state index is -0.982. The minimum Gasteiger partial charge on any atom is -0.478 e. The van der Waals surface area contributed by atoms with Gasteiger partial charge in [-0.15, -0.1) is 0 Å². The van der Waals surface area contributed by atoms with Crippen LogP contribution in [-0.2, 0) is 4.79 Å². The zero-order chi connectivity index (χ0) is 22.0. The van der Waals surface area contributed by atoms with Gasteiger partial charge in [0.1, 0.15) is 23.1 Å². The highest BCUT2D eigenvalue weighted by Gasteiger charge is 2.27. The van der Waals surface area contributed by atoms with E-state index in [9.17, 15) is 14.3 Å². The summed E-state index contributed by atoms with van der Waals surface area (Å²) >= 11 is 6.26. The molecule has 1 fully saturated rings. The van der Waals surface area contributed by atoms with E-state index >= 15 is 0 Å². The molecule has 2 aromatic carbocycles. The molecule has 0 aliphatic carbocycles. The number of amides is 1. The van der Waals surface area contributed by atoms with Gasteiger partial charge in [-0.2, -0.15) is 0 Å². The van der Waals surface area contributed by atoms with E-state index in [2.05, 4.69) is 6.58 Å². The summed E-state index contributed by atoms with van der Waals surface area (Å²) < 4.78 is 25.0. The fraction of sp³-hybridized carbons (Fsp3) is 0.292. The molecule has 2 aliphatic heterocycles. The van der Waals surface area contributed by atoms with Crippen LogP contribution < -0.4 is 9.47 Å². The number of ether oxygens (including phenoxy) is 2. The van der Waals surface area contributed by atoms with Crippen molar-refractivity contribution in [1.29, 1.82) is 0 Å². The van der Waals surface area contributed by atoms with Crippen molar-refractivity contribution in [2.75, 3.05) is 19.7 Å². The third kappa shape index (κ3) is 4.60. The third-order valence-electron chi connectivity index (χ3n) is 5.40. The van der Waals surface area contributed by atoms with E-state index in [1.807, 2.05) is 0 Å². The maximum absolute atomic E-state index is 13.5. The van der Waals surface area contributed by atoms with E-state index in [1.54, 1.807) is 35.2 Å². The molecule has 1 N–H and O–H groups in total. The van der Waals surface area contributed by atoms with Gasteiger partial charge in [-0.3, -0.25) is 4.79 Å². The Hall–Kier alpha value is -2.83. The van der Waals surface area contributed by atoms with E-state index in [0.29, 0.717) is 35.9 Å². The standard InChI is InChI=1S/C24H23ClFNO4/c1-15-11-20(18-7-5-16(26)12-21(18)25)19-8-6-17(13-22(19)30-15)31-23(14-28)24(29)27-9-3-2-4-10-27/h5-8,11-13,23,28H,1-4,9-10,14H2. The van der Waals surface area contributed by atoms with Crippen molar-refractivity contribution in [3.63, 3.8) is 0 Å². The van der Waals surface area contributed by atoms with Gasteiger partial charge in [0.25, 0.3) is 5.91 Å². The average molecular weight is 444 g/mol. The molecule has 1 saturated heterocycles. The zero-order valence-corrected chi connectivity index (χ0v) is 17.7. The second-order valence-electron chi connectivity index (χ2n) is 7.58. The number of aliphatic hydroxyl groups excluding tert-OH is 1. The Morgan fingerprint density at radius 3 is 2.65 bits per heavy atom. The van der Waals surface area contributed by atoms with Gasteiger partial charge in [-0.25, -0.2) is 4.39 Å². The molecule has 5 nitrogen and oxygen atoms in total. The Balaban J connectivity index is 1.59. The number of hydrogen-bond acceptors (Lipinski definition) is 4. The number of likely N-dealkylation sites (tertiary alicyclic amines) is 1. The maximum Gasteiger partial charge on any atom is 0.266 e. The number of nitrogens with zero attached hydrogens (tertiary/aromatic N) is 1. The number of halogens is 2. The number of piperidine rings is 1. The van der Waals surface area contributed by atoms with Gasteiger partial charge >= 0.3 is 0 Å². The monoisotopic (exact) mass is 443 g/mol. The molecule has 31 heavy (non-hydrogen) atoms. The van der Waals surface area contributed by atoms with E-state index in [1.165, 1.54) is 12.1 Å². The van der Waals surface area contributed by atoms with Crippen LogP contribution in [0.4, 0.5) is 4.39 Å². The predicted molar refractivity (Wildman–Crippen MR) is 117 cm³/mol. The molecule has 4 rings (SSSR count). The predicted octanol–water partition coefficient (Wildman–Crippen LogP) is 4.57. The SMILES string of the molecule is C=C1C=C(c2ccc(F)cc2Cl)c2ccc(OC(CO)C(=O)N3CCCCC3)cc2O1. The lowest BCUT2D eigenvalue weighted by Crippen LogP contribution is -2.46. The van der Waals surface area contributed by atoms with Crippen LogP contribution in [0.1, 0.15) is 30.4 Å². The first-order valence-electron chi connectivity index (χ1n) is 10.2. The summed E-state index contributed by atoms with van der Waals surface area (Å²) in [4.78, 5) is 14.5. The summed E-state index contributed by atoms with van der Waals surface area (Å²) in [5.74, 6) is 0.620. The average Bonchev–Trinajstić information content (AvgIpc) is 2.77. The van der Waals surface area contributed by atoms with Crippen molar-refractivity contribution < 1.29 is 23.8 Å². The van der Waals surface area contributed by atoms with Gasteiger partial charge in [-0.1, -0.05) is 18.2 Å². The summed E-state index contributed by atoms with van der Waals surface area (Å²) in [6.07, 6.45) is 3.77. The first-order valence-corrected chi connectivity index (χ1v) is 10.6. The van der Waals surface area contributed by atoms with Crippen LogP contribution in [0.25, 0.3) is 5.57 Å². The van der Waals surface area contributed by atoms with Gasteiger partial charge < -0.3 is 19.5 Å². The van der Waals surface area contributed by atoms with E-state index in [-0.39, 0.29) is 10.9 Å². The topological polar surface area (TPSA) is 59.0 Å². The zero-order valence-electron chi connectivity index (χ0n) is 16.9. The van der Waals surface area contributed by atoms with Crippen molar-refractivity contribution in [1.82, 2.24) is 4.90 Å². The fourth-order valence-electron chi connectivity index (χ4n) is 3.87. The molecule has 1 unspecified atom stereocenters. The lowest BCUT2D eigenvalue weighted by Gasteiger charge is -2.30. The van der Waals surface area contributed by atoms with Crippen LogP contribution in [-0.4, -0.2) is 41.7 Å². The van der Waals surface area contributed by atoms with Crippen LogP contribution in [0.3, 0.4) is 0 Å². The third-order valence-corrected chi connectivity index (χ3v) is 5.71. The smallest absolute Gasteiger partial charge is 0.266 e. The van der Waals surface area contributed by atoms with E-state index < -0.39 is 18.5 Å². The normalized spacial score (nSPS) is 16.8. The van der Waals surface area contributed by atoms with Crippen molar-refractivity contribution in [2.24, 2.45) is 0 Å². The number of carbonyl (C=O) groups excluding carboxylic acids is 1. The Morgan fingerprint density at radius 1 is 1.19 bits per heavy atom. The summed E-state index contributed by atoms with van der Waals surface area (Å²) in [6.45, 7) is 4.81. The molecular weight excluding hydrogens is 421 g/mol. The van der Waals surface area contributed by atoms with Gasteiger partial charge in [0.05, 0.1) is 11.6 Å². The molecule has 1 atom stereocenters. The second kappa shape index (κ2) is 9.12. The second-order valence-corrected chi connectivity index (χ2v) is 7.99. The molecule has 162 valence electrons. The Bertz CT molecular complexity index is 1050. The molecule has 0 bridgehead atoms. The van der Waals surface area contributed by atoms with Crippen molar-refractivity contribution in [3.8, 4) is 11.5 Å². The number of carbonyl (C=O) groups is 1. The first kappa shape index (κ1) is 21.4. The summed E-state index contributed by atoms with van der Waals surface area (Å²) in [7, 11) is 0. The number of rotatable bonds is 5. The lowest BCUT2D eigenvalue weighted by molar-refractivity contribution is -0.141. The number of benzene rings is 2. The lowest BCUT2D eigenvalue weighted by atomic mass is 9.94. The Labute approximate surface area is 185 Å². The molecule has 0 aromatic heterocycles. The first-order chi connectivity index (χ1) is 15.0. The highest BCUT2D eigenvalue weighted by Crippen LogP contribution is 2.41. The van der Waals surface area contributed by atoms with Crippen LogP contribution >= 0.6 is 11.6 Å². The molecule has 1 amide bonds. The van der Waals surface area contributed by atoms with Gasteiger partial charge in [-0.05, 0) is 61.2 Å². The highest BCUT2D eigenvalue weighted by atomic mass is 35.5. The molecule has 2 aromatic rings. The molecule has 7 heteroatoms. The van der Waals surface area contributed by atoms with Gasteiger partial charge in [0.15, 0.2) is 6.10 Å². The fourth-order valence-corrected chi connectivity index (χ4v) is 4.14. The summed E-state index contributed by atoms with van der Waals surface area (Å²) in [6, 6.07) is 9.34. The van der Waals surface area contributed by atoms with Crippen LogP contribution in [0.2, 0.25) is 5.02 Å². The largest absolute Gasteiger partial charge is 0.478 e. The van der Waals surface area contributed by atoms with Crippen LogP contribution in [0, 0.1) is 5.82 Å². The van der Waals surface area contributed by atoms with Crippen molar-refractivity contribution in [3.05, 3.63) is 76.8 Å². The summed E-state index contributed by atoms with van der Waals surface area (Å²) in [5, 5.41) is 10.0. The Morgan fingerprint density at radius 2 is 1.94 bits per heavy atom. The number of fused-ring (bicyclic) bond motifs is 1. The molecular formula is C24H23ClFNO4. The number of hydrogen-bond donors (Lipinski definition) is 1. The van der Waals surface area contributed by atoms with E-state index in [4.69, 9.17) is 21.1 Å². The van der Waals surface area contributed by atoms with Crippen LogP contribution in [0.15, 0.2) is 54.8 Å². The Kier molecular flexibility index (Phi) is 6.30. The van der Waals surface area contributed by atoms with Crippen molar-refractivity contribution >= 4 is 23.1 Å². The van der Waals surface area contributed by atoms with Gasteiger partial charge in [0, 0.05) is 30.3 Å². The molecule has 0 radical (unpaired) electrons. The molecule has 2 heterocycles. The highest BCUT2D eigenvalue weighted by molar-refractivity contribution is 6.32. The van der Waals surface area contributed by atoms with Crippen LogP contribution in [0.5, 0.6) is 11.5 Å². The maximum atomic E-state index is 13.5. The number of aliphatic hydroxyl groups is 1. The number of allylic oxidation sites excluding steroid dienone is 1.